The van der Waals surface area contributed by atoms with Gasteiger partial charge in [-0.15, -0.1) is 0 Å². The molecule has 0 aliphatic carbocycles. The average Bonchev–Trinajstić information content (AvgIpc) is 2.55. The zero-order valence-corrected chi connectivity index (χ0v) is 11.7. The predicted octanol–water partition coefficient (Wildman–Crippen LogP) is 3.42. The van der Waals surface area contributed by atoms with Gasteiger partial charge in [0.1, 0.15) is 0 Å². The lowest BCUT2D eigenvalue weighted by Gasteiger charge is -2.11. The molecular weight excluding hydrogens is 280 g/mol. The lowest BCUT2D eigenvalue weighted by Crippen LogP contribution is -2.03. The maximum atomic E-state index is 10.6. The van der Waals surface area contributed by atoms with Gasteiger partial charge >= 0.3 is 0 Å². The number of aromatic nitrogens is 1. The van der Waals surface area contributed by atoms with Crippen LogP contribution in [0.4, 0.5) is 5.69 Å². The van der Waals surface area contributed by atoms with Crippen molar-refractivity contribution in [1.29, 1.82) is 0 Å². The second-order valence-corrected chi connectivity index (χ2v) is 5.06. The Hall–Kier alpha value is -2.79. The van der Waals surface area contributed by atoms with E-state index in [4.69, 9.17) is 0 Å². The normalized spacial score (nSPS) is 12.2. The van der Waals surface area contributed by atoms with Crippen molar-refractivity contribution in [2.75, 3.05) is 0 Å². The lowest BCUT2D eigenvalue weighted by atomic mass is 10.0. The van der Waals surface area contributed by atoms with Gasteiger partial charge in [0.15, 0.2) is 0 Å². The lowest BCUT2D eigenvalue weighted by molar-refractivity contribution is -0.384. The van der Waals surface area contributed by atoms with E-state index in [0.717, 1.165) is 16.6 Å². The number of non-ortho nitro benzene ring substituents is 1. The van der Waals surface area contributed by atoms with Crippen LogP contribution in [0.3, 0.4) is 0 Å². The summed E-state index contributed by atoms with van der Waals surface area (Å²) < 4.78 is 0. The number of para-hydroxylation sites is 1. The molecule has 3 rings (SSSR count). The molecule has 0 spiro atoms. The molecule has 3 aromatic rings. The van der Waals surface area contributed by atoms with Crippen LogP contribution in [0.15, 0.2) is 60.7 Å². The van der Waals surface area contributed by atoms with E-state index in [1.54, 1.807) is 12.1 Å². The van der Waals surface area contributed by atoms with Gasteiger partial charge in [0.05, 0.1) is 16.5 Å². The minimum absolute atomic E-state index is 0.0137. The molecule has 1 atom stereocenters. The Balaban J connectivity index is 1.79. The quantitative estimate of drug-likeness (QED) is 0.591. The van der Waals surface area contributed by atoms with Crippen LogP contribution in [0.25, 0.3) is 10.9 Å². The minimum Gasteiger partial charge on any atom is -0.388 e. The molecule has 2 aromatic carbocycles. The first-order valence-electron chi connectivity index (χ1n) is 6.90. The fraction of sp³-hybridized carbons (Fsp3) is 0.118. The zero-order chi connectivity index (χ0) is 15.5. The van der Waals surface area contributed by atoms with E-state index in [9.17, 15) is 15.2 Å². The number of hydrogen-bond donors (Lipinski definition) is 1. The van der Waals surface area contributed by atoms with Gasteiger partial charge in [-0.1, -0.05) is 24.3 Å². The van der Waals surface area contributed by atoms with E-state index >= 15 is 0 Å². The first-order chi connectivity index (χ1) is 10.6. The Bertz CT molecular complexity index is 816. The Kier molecular flexibility index (Phi) is 3.80. The molecule has 0 aliphatic rings. The summed E-state index contributed by atoms with van der Waals surface area (Å²) in [5.74, 6) is 0. The highest BCUT2D eigenvalue weighted by Crippen LogP contribution is 2.21. The number of hydrogen-bond acceptors (Lipinski definition) is 4. The smallest absolute Gasteiger partial charge is 0.269 e. The predicted molar refractivity (Wildman–Crippen MR) is 83.5 cm³/mol. The van der Waals surface area contributed by atoms with E-state index in [-0.39, 0.29) is 5.69 Å². The monoisotopic (exact) mass is 294 g/mol. The second kappa shape index (κ2) is 5.91. The first kappa shape index (κ1) is 14.2. The van der Waals surface area contributed by atoms with Crippen molar-refractivity contribution < 1.29 is 10.0 Å². The van der Waals surface area contributed by atoms with E-state index < -0.39 is 11.0 Å². The zero-order valence-electron chi connectivity index (χ0n) is 11.7. The molecular formula is C17H14N2O3. The van der Waals surface area contributed by atoms with Gasteiger partial charge in [0.25, 0.3) is 5.69 Å². The fourth-order valence-electron chi connectivity index (χ4n) is 2.36. The average molecular weight is 294 g/mol. The standard InChI is InChI=1S/C17H14N2O3/c20-17(13-6-9-15(10-7-13)19(21)22)11-14-8-5-12-3-1-2-4-16(12)18-14/h1-10,17,20H,11H2/t17-/m1/s1. The molecule has 0 bridgehead atoms. The summed E-state index contributed by atoms with van der Waals surface area (Å²) in [5.41, 5.74) is 2.32. The summed E-state index contributed by atoms with van der Waals surface area (Å²) in [7, 11) is 0. The van der Waals surface area contributed by atoms with Crippen molar-refractivity contribution in [3.05, 3.63) is 82.0 Å². The summed E-state index contributed by atoms with van der Waals surface area (Å²) in [5, 5.41) is 21.9. The number of aliphatic hydroxyl groups is 1. The summed E-state index contributed by atoms with van der Waals surface area (Å²) in [6.45, 7) is 0. The number of rotatable bonds is 4. The second-order valence-electron chi connectivity index (χ2n) is 5.06. The molecule has 22 heavy (non-hydrogen) atoms. The Morgan fingerprint density at radius 2 is 1.77 bits per heavy atom. The summed E-state index contributed by atoms with van der Waals surface area (Å²) in [4.78, 5) is 14.7. The van der Waals surface area contributed by atoms with E-state index in [0.29, 0.717) is 12.0 Å². The highest BCUT2D eigenvalue weighted by atomic mass is 16.6. The van der Waals surface area contributed by atoms with Gasteiger partial charge < -0.3 is 5.11 Å². The number of nitro benzene ring substituents is 1. The van der Waals surface area contributed by atoms with Gasteiger partial charge in [-0.2, -0.15) is 0 Å². The van der Waals surface area contributed by atoms with E-state index in [2.05, 4.69) is 4.98 Å². The minimum atomic E-state index is -0.741. The van der Waals surface area contributed by atoms with Crippen LogP contribution < -0.4 is 0 Å². The van der Waals surface area contributed by atoms with E-state index in [1.807, 2.05) is 36.4 Å². The van der Waals surface area contributed by atoms with Crippen molar-refractivity contribution in [1.82, 2.24) is 4.98 Å². The first-order valence-corrected chi connectivity index (χ1v) is 6.90. The maximum absolute atomic E-state index is 10.6. The van der Waals surface area contributed by atoms with Gasteiger partial charge in [-0.25, -0.2) is 0 Å². The molecule has 5 heteroatoms. The van der Waals surface area contributed by atoms with E-state index in [1.165, 1.54) is 12.1 Å². The summed E-state index contributed by atoms with van der Waals surface area (Å²) in [6, 6.07) is 17.6. The van der Waals surface area contributed by atoms with Crippen LogP contribution in [-0.4, -0.2) is 15.0 Å². The highest BCUT2D eigenvalue weighted by molar-refractivity contribution is 5.78. The van der Waals surface area contributed by atoms with Crippen molar-refractivity contribution in [3.8, 4) is 0 Å². The molecule has 0 fully saturated rings. The highest BCUT2D eigenvalue weighted by Gasteiger charge is 2.12. The molecule has 0 radical (unpaired) electrons. The van der Waals surface area contributed by atoms with Crippen molar-refractivity contribution in [3.63, 3.8) is 0 Å². The van der Waals surface area contributed by atoms with Crippen molar-refractivity contribution >= 4 is 16.6 Å². The number of nitro groups is 1. The summed E-state index contributed by atoms with van der Waals surface area (Å²) in [6.07, 6.45) is -0.377. The molecule has 1 N–H and O–H groups in total. The van der Waals surface area contributed by atoms with Crippen molar-refractivity contribution in [2.24, 2.45) is 0 Å². The molecule has 0 unspecified atom stereocenters. The molecule has 1 aromatic heterocycles. The van der Waals surface area contributed by atoms with Gasteiger partial charge in [0.2, 0.25) is 0 Å². The van der Waals surface area contributed by atoms with Gasteiger partial charge in [0, 0.05) is 29.6 Å². The number of benzene rings is 2. The van der Waals surface area contributed by atoms with Crippen LogP contribution in [0.1, 0.15) is 17.4 Å². The molecule has 0 saturated carbocycles. The third-order valence-corrected chi connectivity index (χ3v) is 3.55. The molecule has 0 saturated heterocycles. The molecule has 5 nitrogen and oxygen atoms in total. The van der Waals surface area contributed by atoms with Crippen LogP contribution in [0, 0.1) is 10.1 Å². The molecule has 0 aliphatic heterocycles. The topological polar surface area (TPSA) is 76.3 Å². The molecule has 110 valence electrons. The summed E-state index contributed by atoms with van der Waals surface area (Å²) >= 11 is 0. The van der Waals surface area contributed by atoms with Crippen LogP contribution in [0.5, 0.6) is 0 Å². The number of fused-ring (bicyclic) bond motifs is 1. The molecule has 0 amide bonds. The van der Waals surface area contributed by atoms with Crippen molar-refractivity contribution in [2.45, 2.75) is 12.5 Å². The Labute approximate surface area is 127 Å². The van der Waals surface area contributed by atoms with Gasteiger partial charge in [-0.05, 0) is 29.8 Å². The Morgan fingerprint density at radius 1 is 1.05 bits per heavy atom. The number of pyridine rings is 1. The maximum Gasteiger partial charge on any atom is 0.269 e. The third-order valence-electron chi connectivity index (χ3n) is 3.55. The van der Waals surface area contributed by atoms with Crippen LogP contribution >= 0.6 is 0 Å². The van der Waals surface area contributed by atoms with Crippen LogP contribution in [-0.2, 0) is 6.42 Å². The van der Waals surface area contributed by atoms with Gasteiger partial charge in [-0.3, -0.25) is 15.1 Å². The fourth-order valence-corrected chi connectivity index (χ4v) is 2.36. The van der Waals surface area contributed by atoms with Crippen LogP contribution in [0.2, 0.25) is 0 Å². The third kappa shape index (κ3) is 2.94. The number of nitrogens with zero attached hydrogens (tertiary/aromatic N) is 2. The SMILES string of the molecule is O=[N+]([O-])c1ccc([C@H](O)Cc2ccc3ccccc3n2)cc1. The number of aliphatic hydroxyl groups excluding tert-OH is 1. The largest absolute Gasteiger partial charge is 0.388 e. The Morgan fingerprint density at radius 3 is 2.50 bits per heavy atom. The molecule has 1 heterocycles.